The van der Waals surface area contributed by atoms with Crippen molar-refractivity contribution in [2.24, 2.45) is 0 Å². The number of hydrogen-bond donors (Lipinski definition) is 0. The lowest BCUT2D eigenvalue weighted by molar-refractivity contribution is 0.0688. The molecule has 0 radical (unpaired) electrons. The van der Waals surface area contributed by atoms with Gasteiger partial charge in [-0.05, 0) is 12.5 Å². The number of amides is 1. The average molecular weight is 353 g/mol. The Morgan fingerprint density at radius 2 is 2.13 bits per heavy atom. The van der Waals surface area contributed by atoms with Gasteiger partial charge in [0.1, 0.15) is 10.7 Å². The van der Waals surface area contributed by atoms with Crippen LogP contribution in [0.25, 0.3) is 10.6 Å². The molecule has 1 aromatic heterocycles. The first kappa shape index (κ1) is 17.9. The second kappa shape index (κ2) is 9.01. The maximum Gasteiger partial charge on any atom is 0.273 e. The van der Waals surface area contributed by atoms with Gasteiger partial charge in [-0.2, -0.15) is 0 Å². The van der Waals surface area contributed by atoms with Crippen LogP contribution in [0.1, 0.15) is 30.3 Å². The molecule has 0 saturated carbocycles. The Labute approximate surface area is 146 Å². The number of thiazole rings is 1. The van der Waals surface area contributed by atoms with Crippen LogP contribution in [0.5, 0.6) is 0 Å². The molecule has 0 aliphatic heterocycles. The van der Waals surface area contributed by atoms with Crippen LogP contribution in [0.2, 0.25) is 5.02 Å². The molecule has 0 aliphatic rings. The normalized spacial score (nSPS) is 10.7. The van der Waals surface area contributed by atoms with E-state index in [1.54, 1.807) is 17.4 Å². The largest absolute Gasteiger partial charge is 0.383 e. The van der Waals surface area contributed by atoms with Gasteiger partial charge in [0, 0.05) is 31.1 Å². The molecule has 0 bridgehead atoms. The number of benzene rings is 1. The summed E-state index contributed by atoms with van der Waals surface area (Å²) in [5.74, 6) is -0.0509. The molecular formula is C17H21ClN2O2S. The highest BCUT2D eigenvalue weighted by Crippen LogP contribution is 2.30. The summed E-state index contributed by atoms with van der Waals surface area (Å²) < 4.78 is 5.10. The smallest absolute Gasteiger partial charge is 0.273 e. The van der Waals surface area contributed by atoms with Crippen molar-refractivity contribution >= 4 is 28.8 Å². The fourth-order valence-corrected chi connectivity index (χ4v) is 3.27. The lowest BCUT2D eigenvalue weighted by Crippen LogP contribution is -2.35. The van der Waals surface area contributed by atoms with E-state index in [1.165, 1.54) is 11.3 Å². The van der Waals surface area contributed by atoms with E-state index in [0.29, 0.717) is 23.9 Å². The summed E-state index contributed by atoms with van der Waals surface area (Å²) in [7, 11) is 1.64. The first-order valence-electron chi connectivity index (χ1n) is 7.66. The van der Waals surface area contributed by atoms with Crippen molar-refractivity contribution in [2.45, 2.75) is 19.8 Å². The molecule has 0 saturated heterocycles. The van der Waals surface area contributed by atoms with Gasteiger partial charge >= 0.3 is 0 Å². The van der Waals surface area contributed by atoms with E-state index in [-0.39, 0.29) is 5.91 Å². The van der Waals surface area contributed by atoms with Gasteiger partial charge < -0.3 is 9.64 Å². The molecule has 0 atom stereocenters. The first-order chi connectivity index (χ1) is 11.2. The van der Waals surface area contributed by atoms with Gasteiger partial charge in [0.05, 0.1) is 11.6 Å². The maximum absolute atomic E-state index is 12.7. The minimum absolute atomic E-state index is 0.0509. The van der Waals surface area contributed by atoms with Gasteiger partial charge in [-0.1, -0.05) is 43.1 Å². The average Bonchev–Trinajstić information content (AvgIpc) is 3.04. The predicted octanol–water partition coefficient (Wildman–Crippen LogP) is 4.35. The molecule has 124 valence electrons. The van der Waals surface area contributed by atoms with Crippen LogP contribution < -0.4 is 0 Å². The highest BCUT2D eigenvalue weighted by molar-refractivity contribution is 7.13. The minimum atomic E-state index is -0.0509. The van der Waals surface area contributed by atoms with E-state index >= 15 is 0 Å². The van der Waals surface area contributed by atoms with Crippen molar-refractivity contribution in [3.8, 4) is 10.6 Å². The number of ether oxygens (including phenoxy) is 1. The highest BCUT2D eigenvalue weighted by Gasteiger charge is 2.19. The number of carbonyl (C=O) groups is 1. The van der Waals surface area contributed by atoms with Crippen LogP contribution >= 0.6 is 22.9 Å². The topological polar surface area (TPSA) is 42.4 Å². The van der Waals surface area contributed by atoms with Gasteiger partial charge in [-0.3, -0.25) is 4.79 Å². The number of nitrogens with zero attached hydrogens (tertiary/aromatic N) is 2. The summed E-state index contributed by atoms with van der Waals surface area (Å²) in [4.78, 5) is 19.0. The third-order valence-corrected chi connectivity index (χ3v) is 4.67. The monoisotopic (exact) mass is 352 g/mol. The third-order valence-electron chi connectivity index (χ3n) is 3.46. The fourth-order valence-electron chi connectivity index (χ4n) is 2.16. The Kier molecular flexibility index (Phi) is 7.02. The molecule has 1 aromatic carbocycles. The Morgan fingerprint density at radius 3 is 2.83 bits per heavy atom. The Hall–Kier alpha value is -1.43. The fraction of sp³-hybridized carbons (Fsp3) is 0.412. The molecule has 0 N–H and O–H groups in total. The number of carbonyl (C=O) groups excluding carboxylic acids is 1. The lowest BCUT2D eigenvalue weighted by Gasteiger charge is -2.21. The zero-order valence-electron chi connectivity index (χ0n) is 13.4. The van der Waals surface area contributed by atoms with Crippen molar-refractivity contribution < 1.29 is 9.53 Å². The molecular weight excluding hydrogens is 332 g/mol. The summed E-state index contributed by atoms with van der Waals surface area (Å²) >= 11 is 7.64. The third kappa shape index (κ3) is 4.77. The minimum Gasteiger partial charge on any atom is -0.383 e. The molecule has 23 heavy (non-hydrogen) atoms. The number of rotatable bonds is 8. The van der Waals surface area contributed by atoms with Crippen LogP contribution in [-0.2, 0) is 4.74 Å². The summed E-state index contributed by atoms with van der Waals surface area (Å²) in [5, 5.41) is 3.21. The second-order valence-corrected chi connectivity index (χ2v) is 6.42. The number of hydrogen-bond acceptors (Lipinski definition) is 4. The summed E-state index contributed by atoms with van der Waals surface area (Å²) in [6.07, 6.45) is 2.01. The van der Waals surface area contributed by atoms with E-state index in [9.17, 15) is 4.79 Å². The molecule has 0 spiro atoms. The van der Waals surface area contributed by atoms with Gasteiger partial charge in [0.2, 0.25) is 0 Å². The zero-order chi connectivity index (χ0) is 16.7. The van der Waals surface area contributed by atoms with E-state index in [2.05, 4.69) is 11.9 Å². The molecule has 4 nitrogen and oxygen atoms in total. The van der Waals surface area contributed by atoms with Crippen molar-refractivity contribution in [3.63, 3.8) is 0 Å². The Morgan fingerprint density at radius 1 is 1.35 bits per heavy atom. The molecule has 0 unspecified atom stereocenters. The van der Waals surface area contributed by atoms with Gasteiger partial charge in [-0.15, -0.1) is 11.3 Å². The molecule has 1 amide bonds. The molecule has 2 aromatic rings. The van der Waals surface area contributed by atoms with Crippen molar-refractivity contribution in [3.05, 3.63) is 40.4 Å². The summed E-state index contributed by atoms with van der Waals surface area (Å²) in [6, 6.07) is 7.53. The van der Waals surface area contributed by atoms with E-state index in [0.717, 1.165) is 30.0 Å². The number of unbranched alkanes of at least 4 members (excludes halogenated alkanes) is 1. The molecule has 0 fully saturated rings. The van der Waals surface area contributed by atoms with Crippen LogP contribution in [0.15, 0.2) is 29.6 Å². The second-order valence-electron chi connectivity index (χ2n) is 5.16. The quantitative estimate of drug-likeness (QED) is 0.709. The first-order valence-corrected chi connectivity index (χ1v) is 8.91. The molecule has 2 rings (SSSR count). The van der Waals surface area contributed by atoms with Gasteiger partial charge in [-0.25, -0.2) is 4.98 Å². The van der Waals surface area contributed by atoms with Crippen LogP contribution in [0.4, 0.5) is 0 Å². The standard InChI is InChI=1S/C17H21ClN2O2S/c1-3-4-9-20(10-11-22-2)17(21)15-12-23-16(19-15)13-7-5-6-8-14(13)18/h5-8,12H,3-4,9-11H2,1-2H3. The SMILES string of the molecule is CCCCN(CCOC)C(=O)c1csc(-c2ccccc2Cl)n1. The van der Waals surface area contributed by atoms with E-state index in [4.69, 9.17) is 16.3 Å². The number of aromatic nitrogens is 1. The Bertz CT molecular complexity index is 637. The highest BCUT2D eigenvalue weighted by atomic mass is 35.5. The molecule has 0 aliphatic carbocycles. The maximum atomic E-state index is 12.7. The van der Waals surface area contributed by atoms with Crippen LogP contribution in [-0.4, -0.2) is 42.6 Å². The molecule has 6 heteroatoms. The number of methoxy groups -OCH3 is 1. The van der Waals surface area contributed by atoms with Crippen molar-refractivity contribution in [2.75, 3.05) is 26.8 Å². The van der Waals surface area contributed by atoms with Crippen LogP contribution in [0.3, 0.4) is 0 Å². The molecule has 1 heterocycles. The summed E-state index contributed by atoms with van der Waals surface area (Å²) in [5.41, 5.74) is 1.33. The van der Waals surface area contributed by atoms with Gasteiger partial charge in [0.15, 0.2) is 0 Å². The summed E-state index contributed by atoms with van der Waals surface area (Å²) in [6.45, 7) is 3.93. The number of halogens is 1. The van der Waals surface area contributed by atoms with Crippen molar-refractivity contribution in [1.29, 1.82) is 0 Å². The Balaban J connectivity index is 2.16. The predicted molar refractivity (Wildman–Crippen MR) is 95.2 cm³/mol. The van der Waals surface area contributed by atoms with Crippen molar-refractivity contribution in [1.82, 2.24) is 9.88 Å². The van der Waals surface area contributed by atoms with E-state index < -0.39 is 0 Å². The van der Waals surface area contributed by atoms with Gasteiger partial charge in [0.25, 0.3) is 5.91 Å². The van der Waals surface area contributed by atoms with E-state index in [1.807, 2.05) is 24.3 Å². The van der Waals surface area contributed by atoms with Crippen LogP contribution in [0, 0.1) is 0 Å². The lowest BCUT2D eigenvalue weighted by atomic mass is 10.2. The zero-order valence-corrected chi connectivity index (χ0v) is 15.0.